The highest BCUT2D eigenvalue weighted by molar-refractivity contribution is 6.28. The molecule has 8 nitrogen and oxygen atoms in total. The van der Waals surface area contributed by atoms with Crippen molar-refractivity contribution in [3.05, 3.63) is 70.8 Å². The first-order valence-electron chi connectivity index (χ1n) is 8.60. The van der Waals surface area contributed by atoms with Gasteiger partial charge < -0.3 is 20.4 Å². The molecular formula is C22H12O8. The first-order valence-corrected chi connectivity index (χ1v) is 8.60. The van der Waals surface area contributed by atoms with Gasteiger partial charge in [-0.05, 0) is 56.6 Å². The van der Waals surface area contributed by atoms with Crippen LogP contribution in [-0.2, 0) is 0 Å². The van der Waals surface area contributed by atoms with E-state index in [1.165, 1.54) is 24.3 Å². The minimum Gasteiger partial charge on any atom is -0.478 e. The summed E-state index contributed by atoms with van der Waals surface area (Å²) < 4.78 is 0. The molecule has 0 radical (unpaired) electrons. The molecule has 0 bridgehead atoms. The van der Waals surface area contributed by atoms with Crippen molar-refractivity contribution in [3.8, 4) is 0 Å². The van der Waals surface area contributed by atoms with Crippen molar-refractivity contribution >= 4 is 56.2 Å². The second kappa shape index (κ2) is 6.56. The summed E-state index contributed by atoms with van der Waals surface area (Å²) in [6.45, 7) is 0. The van der Waals surface area contributed by atoms with Crippen LogP contribution in [0.5, 0.6) is 0 Å². The van der Waals surface area contributed by atoms with E-state index in [2.05, 4.69) is 0 Å². The molecule has 4 rings (SSSR count). The van der Waals surface area contributed by atoms with Crippen LogP contribution < -0.4 is 0 Å². The fourth-order valence-corrected chi connectivity index (χ4v) is 3.75. The summed E-state index contributed by atoms with van der Waals surface area (Å²) >= 11 is 0. The van der Waals surface area contributed by atoms with E-state index in [0.29, 0.717) is 32.3 Å². The van der Waals surface area contributed by atoms with Crippen molar-refractivity contribution in [2.45, 2.75) is 0 Å². The lowest BCUT2D eigenvalue weighted by atomic mass is 9.89. The number of aromatic carboxylic acids is 4. The minimum atomic E-state index is -1.45. The Labute approximate surface area is 167 Å². The summed E-state index contributed by atoms with van der Waals surface area (Å²) in [6.07, 6.45) is 0. The van der Waals surface area contributed by atoms with Gasteiger partial charge in [-0.25, -0.2) is 19.2 Å². The maximum atomic E-state index is 11.7. The van der Waals surface area contributed by atoms with E-state index in [0.717, 1.165) is 0 Å². The molecule has 30 heavy (non-hydrogen) atoms. The van der Waals surface area contributed by atoms with E-state index >= 15 is 0 Å². The van der Waals surface area contributed by atoms with E-state index in [1.807, 2.05) is 0 Å². The van der Waals surface area contributed by atoms with E-state index in [1.54, 1.807) is 24.3 Å². The Morgan fingerprint density at radius 3 is 0.900 bits per heavy atom. The number of fused-ring (bicyclic) bond motifs is 6. The van der Waals surface area contributed by atoms with Crippen LogP contribution in [0.3, 0.4) is 0 Å². The summed E-state index contributed by atoms with van der Waals surface area (Å²) in [5.74, 6) is -5.72. The fraction of sp³-hybridized carbons (Fsp3) is 0. The van der Waals surface area contributed by atoms with Gasteiger partial charge in [0.05, 0.1) is 22.3 Å². The molecule has 0 atom stereocenters. The van der Waals surface area contributed by atoms with Gasteiger partial charge in [0, 0.05) is 0 Å². The van der Waals surface area contributed by atoms with Crippen LogP contribution in [-0.4, -0.2) is 44.3 Å². The van der Waals surface area contributed by atoms with Gasteiger partial charge in [-0.1, -0.05) is 24.3 Å². The smallest absolute Gasteiger partial charge is 0.336 e. The van der Waals surface area contributed by atoms with Crippen molar-refractivity contribution < 1.29 is 39.6 Å². The van der Waals surface area contributed by atoms with Gasteiger partial charge in [0.1, 0.15) is 0 Å². The highest BCUT2D eigenvalue weighted by Gasteiger charge is 2.23. The molecule has 148 valence electrons. The largest absolute Gasteiger partial charge is 0.478 e. The number of carboxylic acid groups (broad SMARTS) is 4. The van der Waals surface area contributed by atoms with E-state index < -0.39 is 46.1 Å². The Morgan fingerprint density at radius 1 is 0.433 bits per heavy atom. The summed E-state index contributed by atoms with van der Waals surface area (Å²) in [6, 6.07) is 11.7. The summed E-state index contributed by atoms with van der Waals surface area (Å²) in [4.78, 5) is 46.6. The zero-order chi connectivity index (χ0) is 21.7. The number of hydrogen-bond donors (Lipinski definition) is 4. The van der Waals surface area contributed by atoms with Crippen LogP contribution in [0.15, 0.2) is 48.5 Å². The van der Waals surface area contributed by atoms with E-state index in [9.17, 15) is 39.6 Å². The Kier molecular flexibility index (Phi) is 4.13. The van der Waals surface area contributed by atoms with Crippen LogP contribution in [0.4, 0.5) is 0 Å². The minimum absolute atomic E-state index is 0.311. The zero-order valence-electron chi connectivity index (χ0n) is 15.0. The lowest BCUT2D eigenvalue weighted by molar-refractivity contribution is 0.0652. The van der Waals surface area contributed by atoms with Gasteiger partial charge >= 0.3 is 23.9 Å². The standard InChI is InChI=1S/C22H12O8/c23-19(24)15-5-11-9-3-1-2-4-10(9)12-6-16(20(25)26)18(22(29)30)8-14(12)13(11)7-17(15)21(27)28/h1-8H,(H,23,24)(H,25,26)(H,27,28)(H,29,30). The number of carbonyl (C=O) groups is 4. The Bertz CT molecular complexity index is 1340. The molecule has 4 N–H and O–H groups in total. The molecule has 0 unspecified atom stereocenters. The second-order valence-corrected chi connectivity index (χ2v) is 6.65. The van der Waals surface area contributed by atoms with Crippen LogP contribution in [0.2, 0.25) is 0 Å². The van der Waals surface area contributed by atoms with Gasteiger partial charge in [0.25, 0.3) is 0 Å². The molecule has 0 spiro atoms. The third-order valence-electron chi connectivity index (χ3n) is 5.03. The average Bonchev–Trinajstić information content (AvgIpc) is 2.71. The topological polar surface area (TPSA) is 149 Å². The van der Waals surface area contributed by atoms with Crippen molar-refractivity contribution in [1.82, 2.24) is 0 Å². The number of carboxylic acids is 4. The molecule has 0 saturated carbocycles. The predicted molar refractivity (Wildman–Crippen MR) is 107 cm³/mol. The third-order valence-corrected chi connectivity index (χ3v) is 5.03. The van der Waals surface area contributed by atoms with Crippen LogP contribution in [0.1, 0.15) is 41.4 Å². The van der Waals surface area contributed by atoms with Gasteiger partial charge in [-0.3, -0.25) is 0 Å². The molecule has 0 aliphatic carbocycles. The SMILES string of the molecule is O=C(O)c1cc2c3ccccc3c3cc(C(=O)O)c(C(=O)O)cc3c2cc1C(=O)O. The first kappa shape index (κ1) is 18.9. The molecule has 4 aromatic carbocycles. The number of benzene rings is 4. The Morgan fingerprint density at radius 2 is 0.667 bits per heavy atom. The zero-order valence-corrected chi connectivity index (χ0v) is 15.0. The van der Waals surface area contributed by atoms with Gasteiger partial charge in [0.15, 0.2) is 0 Å². The summed E-state index contributed by atoms with van der Waals surface area (Å²) in [7, 11) is 0. The van der Waals surface area contributed by atoms with E-state index in [-0.39, 0.29) is 0 Å². The first-order chi connectivity index (χ1) is 14.2. The fourth-order valence-electron chi connectivity index (χ4n) is 3.75. The highest BCUT2D eigenvalue weighted by atomic mass is 16.4. The Hall–Kier alpha value is -4.46. The molecular weight excluding hydrogens is 392 g/mol. The lowest BCUT2D eigenvalue weighted by Gasteiger charge is -2.14. The molecule has 0 heterocycles. The average molecular weight is 404 g/mol. The lowest BCUT2D eigenvalue weighted by Crippen LogP contribution is -2.09. The van der Waals surface area contributed by atoms with Crippen molar-refractivity contribution in [2.75, 3.05) is 0 Å². The van der Waals surface area contributed by atoms with E-state index in [4.69, 9.17) is 0 Å². The number of rotatable bonds is 4. The van der Waals surface area contributed by atoms with Crippen molar-refractivity contribution in [3.63, 3.8) is 0 Å². The third kappa shape index (κ3) is 2.70. The van der Waals surface area contributed by atoms with Crippen LogP contribution in [0, 0.1) is 0 Å². The molecule has 0 aliphatic rings. The van der Waals surface area contributed by atoms with Crippen LogP contribution >= 0.6 is 0 Å². The molecule has 0 aromatic heterocycles. The predicted octanol–water partition coefficient (Wildman–Crippen LogP) is 3.94. The van der Waals surface area contributed by atoms with Gasteiger partial charge in [0.2, 0.25) is 0 Å². The number of hydrogen-bond acceptors (Lipinski definition) is 4. The summed E-state index contributed by atoms with van der Waals surface area (Å²) in [5, 5.41) is 40.5. The monoisotopic (exact) mass is 404 g/mol. The molecule has 0 aliphatic heterocycles. The summed E-state index contributed by atoms with van der Waals surface area (Å²) in [5.41, 5.74) is -1.71. The molecule has 0 fully saturated rings. The highest BCUT2D eigenvalue weighted by Crippen LogP contribution is 2.38. The molecule has 0 saturated heterocycles. The maximum absolute atomic E-state index is 11.7. The van der Waals surface area contributed by atoms with Gasteiger partial charge in [-0.2, -0.15) is 0 Å². The molecule has 0 amide bonds. The van der Waals surface area contributed by atoms with Crippen molar-refractivity contribution in [2.24, 2.45) is 0 Å². The quantitative estimate of drug-likeness (QED) is 0.374. The molecule has 4 aromatic rings. The second-order valence-electron chi connectivity index (χ2n) is 6.65. The van der Waals surface area contributed by atoms with Crippen LogP contribution in [0.25, 0.3) is 32.3 Å². The van der Waals surface area contributed by atoms with Gasteiger partial charge in [-0.15, -0.1) is 0 Å². The molecule has 8 heteroatoms. The Balaban J connectivity index is 2.34. The normalized spacial score (nSPS) is 11.1. The maximum Gasteiger partial charge on any atom is 0.336 e. The van der Waals surface area contributed by atoms with Crippen molar-refractivity contribution in [1.29, 1.82) is 0 Å².